The summed E-state index contributed by atoms with van der Waals surface area (Å²) in [6.07, 6.45) is -0.212. The molecule has 0 aromatic heterocycles. The van der Waals surface area contributed by atoms with Crippen molar-refractivity contribution < 1.29 is 24.1 Å². The van der Waals surface area contributed by atoms with Gasteiger partial charge in [0.15, 0.2) is 11.5 Å². The van der Waals surface area contributed by atoms with Gasteiger partial charge in [0.2, 0.25) is 5.75 Å². The highest BCUT2D eigenvalue weighted by molar-refractivity contribution is 6.30. The van der Waals surface area contributed by atoms with Crippen LogP contribution in [0.4, 0.5) is 5.69 Å². The molecule has 0 saturated heterocycles. The number of carbonyl (C=O) groups excluding carboxylic acids is 1. The molecule has 2 aromatic carbocycles. The fraction of sp³-hybridized carbons (Fsp3) is 0.316. The lowest BCUT2D eigenvalue weighted by atomic mass is 9.98. The maximum atomic E-state index is 13.1. The maximum Gasteiger partial charge on any atom is 0.258 e. The van der Waals surface area contributed by atoms with E-state index in [1.165, 1.54) is 21.3 Å². The Labute approximate surface area is 156 Å². The molecule has 0 bridgehead atoms. The van der Waals surface area contributed by atoms with Crippen LogP contribution in [-0.4, -0.2) is 38.9 Å². The van der Waals surface area contributed by atoms with Gasteiger partial charge in [0.05, 0.1) is 27.4 Å². The second-order valence-electron chi connectivity index (χ2n) is 5.88. The topological polar surface area (TPSA) is 68.2 Å². The zero-order valence-corrected chi connectivity index (χ0v) is 15.5. The van der Waals surface area contributed by atoms with Crippen molar-refractivity contribution in [1.29, 1.82) is 0 Å². The minimum Gasteiger partial charge on any atom is -0.493 e. The number of methoxy groups -OCH3 is 3. The Morgan fingerprint density at radius 1 is 1.12 bits per heavy atom. The number of ether oxygens (including phenoxy) is 3. The molecule has 138 valence electrons. The van der Waals surface area contributed by atoms with Gasteiger partial charge in [-0.15, -0.1) is 0 Å². The van der Waals surface area contributed by atoms with Crippen molar-refractivity contribution in [2.24, 2.45) is 0 Å². The Morgan fingerprint density at radius 3 is 2.35 bits per heavy atom. The number of amides is 1. The lowest BCUT2D eigenvalue weighted by Gasteiger charge is -2.32. The molecule has 0 radical (unpaired) electrons. The molecule has 3 rings (SSSR count). The maximum absolute atomic E-state index is 13.1. The number of fused-ring (bicyclic) bond motifs is 1. The van der Waals surface area contributed by atoms with E-state index in [0.717, 1.165) is 0 Å². The third kappa shape index (κ3) is 3.18. The molecule has 7 heteroatoms. The second kappa shape index (κ2) is 7.43. The number of anilines is 1. The molecule has 6 nitrogen and oxygen atoms in total. The van der Waals surface area contributed by atoms with Crippen LogP contribution in [-0.2, 0) is 0 Å². The van der Waals surface area contributed by atoms with Gasteiger partial charge in [-0.25, -0.2) is 0 Å². The van der Waals surface area contributed by atoms with Crippen molar-refractivity contribution in [1.82, 2.24) is 0 Å². The fourth-order valence-electron chi connectivity index (χ4n) is 3.14. The summed E-state index contributed by atoms with van der Waals surface area (Å²) in [7, 11) is 4.51. The molecule has 1 atom stereocenters. The minimum atomic E-state index is -0.646. The van der Waals surface area contributed by atoms with Crippen LogP contribution in [0, 0.1) is 0 Å². The van der Waals surface area contributed by atoms with E-state index in [4.69, 9.17) is 25.8 Å². The van der Waals surface area contributed by atoms with Gasteiger partial charge in [-0.05, 0) is 36.8 Å². The molecule has 26 heavy (non-hydrogen) atoms. The Kier molecular flexibility index (Phi) is 5.25. The van der Waals surface area contributed by atoms with Crippen molar-refractivity contribution in [3.63, 3.8) is 0 Å². The van der Waals surface area contributed by atoms with Crippen LogP contribution in [0.1, 0.15) is 28.4 Å². The molecule has 0 fully saturated rings. The van der Waals surface area contributed by atoms with Gasteiger partial charge >= 0.3 is 0 Å². The summed E-state index contributed by atoms with van der Waals surface area (Å²) in [5, 5.41) is 10.8. The van der Waals surface area contributed by atoms with E-state index in [9.17, 15) is 9.90 Å². The highest BCUT2D eigenvalue weighted by Crippen LogP contribution is 2.40. The standard InChI is InChI=1S/C19H20ClNO5/c1-24-16-8-11(9-17(25-2)18(16)26-3)19(23)21-7-6-15(22)13-10-12(20)4-5-14(13)21/h4-5,8-10,15,22H,6-7H2,1-3H3. The van der Waals surface area contributed by atoms with Crippen LogP contribution in [0.5, 0.6) is 17.2 Å². The summed E-state index contributed by atoms with van der Waals surface area (Å²) in [5.41, 5.74) is 1.69. The smallest absolute Gasteiger partial charge is 0.258 e. The van der Waals surface area contributed by atoms with Crippen LogP contribution in [0.3, 0.4) is 0 Å². The molecule has 1 N–H and O–H groups in total. The molecule has 1 amide bonds. The van der Waals surface area contributed by atoms with Crippen molar-refractivity contribution >= 4 is 23.2 Å². The number of benzene rings is 2. The highest BCUT2D eigenvalue weighted by Gasteiger charge is 2.29. The Morgan fingerprint density at radius 2 is 1.77 bits per heavy atom. The van der Waals surface area contributed by atoms with Crippen molar-refractivity contribution in [2.45, 2.75) is 12.5 Å². The van der Waals surface area contributed by atoms with E-state index >= 15 is 0 Å². The third-order valence-corrected chi connectivity index (χ3v) is 4.66. The third-order valence-electron chi connectivity index (χ3n) is 4.42. The van der Waals surface area contributed by atoms with Crippen LogP contribution >= 0.6 is 11.6 Å². The van der Waals surface area contributed by atoms with Crippen LogP contribution in [0.2, 0.25) is 5.02 Å². The first-order valence-corrected chi connectivity index (χ1v) is 8.47. The molecule has 2 aromatic rings. The molecular formula is C19H20ClNO5. The van der Waals surface area contributed by atoms with Crippen molar-refractivity contribution in [2.75, 3.05) is 32.8 Å². The Bertz CT molecular complexity index is 814. The molecular weight excluding hydrogens is 358 g/mol. The summed E-state index contributed by atoms with van der Waals surface area (Å²) in [4.78, 5) is 14.8. The van der Waals surface area contributed by atoms with Gasteiger partial charge in [-0.3, -0.25) is 4.79 Å². The SMILES string of the molecule is COc1cc(C(=O)N2CCC(O)c3cc(Cl)ccc32)cc(OC)c1OC. The number of aliphatic hydroxyl groups is 1. The molecule has 1 heterocycles. The van der Waals surface area contributed by atoms with E-state index in [1.54, 1.807) is 35.2 Å². The number of halogens is 1. The average molecular weight is 378 g/mol. The molecule has 0 aliphatic carbocycles. The zero-order chi connectivity index (χ0) is 18.8. The predicted octanol–water partition coefficient (Wildman–Crippen LogP) is 3.45. The highest BCUT2D eigenvalue weighted by atomic mass is 35.5. The lowest BCUT2D eigenvalue weighted by Crippen LogP contribution is -2.36. The van der Waals surface area contributed by atoms with E-state index in [-0.39, 0.29) is 5.91 Å². The van der Waals surface area contributed by atoms with Crippen molar-refractivity contribution in [3.8, 4) is 17.2 Å². The normalized spacial score (nSPS) is 16.0. The van der Waals surface area contributed by atoms with Gasteiger partial charge in [-0.1, -0.05) is 11.6 Å². The summed E-state index contributed by atoms with van der Waals surface area (Å²) in [6, 6.07) is 8.37. The first-order chi connectivity index (χ1) is 12.5. The molecule has 1 aliphatic rings. The zero-order valence-electron chi connectivity index (χ0n) is 14.8. The first-order valence-electron chi connectivity index (χ1n) is 8.09. The number of nitrogens with zero attached hydrogens (tertiary/aromatic N) is 1. The van der Waals surface area contributed by atoms with Crippen LogP contribution in [0.15, 0.2) is 30.3 Å². The van der Waals surface area contributed by atoms with E-state index < -0.39 is 6.10 Å². The lowest BCUT2D eigenvalue weighted by molar-refractivity contribution is 0.0969. The number of rotatable bonds is 4. The molecule has 1 unspecified atom stereocenters. The molecule has 0 spiro atoms. The largest absolute Gasteiger partial charge is 0.493 e. The summed E-state index contributed by atoms with van der Waals surface area (Å²) in [5.74, 6) is 1.01. The van der Waals surface area contributed by atoms with E-state index in [0.29, 0.717) is 52.1 Å². The Hall–Kier alpha value is -2.44. The summed E-state index contributed by atoms with van der Waals surface area (Å²) >= 11 is 6.04. The Balaban J connectivity index is 2.04. The van der Waals surface area contributed by atoms with E-state index in [2.05, 4.69) is 0 Å². The summed E-state index contributed by atoms with van der Waals surface area (Å²) < 4.78 is 16.0. The molecule has 0 saturated carbocycles. The minimum absolute atomic E-state index is 0.222. The van der Waals surface area contributed by atoms with Gasteiger partial charge in [0.25, 0.3) is 5.91 Å². The second-order valence-corrected chi connectivity index (χ2v) is 6.31. The fourth-order valence-corrected chi connectivity index (χ4v) is 3.32. The van der Waals surface area contributed by atoms with Crippen LogP contribution < -0.4 is 19.1 Å². The number of carbonyl (C=O) groups is 1. The molecule has 1 aliphatic heterocycles. The summed E-state index contributed by atoms with van der Waals surface area (Å²) in [6.45, 7) is 0.394. The number of aliphatic hydroxyl groups excluding tert-OH is 1. The van der Waals surface area contributed by atoms with Crippen molar-refractivity contribution in [3.05, 3.63) is 46.5 Å². The quantitative estimate of drug-likeness (QED) is 0.883. The van der Waals surface area contributed by atoms with E-state index in [1.807, 2.05) is 0 Å². The van der Waals surface area contributed by atoms with Crippen LogP contribution in [0.25, 0.3) is 0 Å². The first kappa shape index (κ1) is 18.4. The predicted molar refractivity (Wildman–Crippen MR) is 98.8 cm³/mol. The van der Waals surface area contributed by atoms with Gasteiger partial charge in [0, 0.05) is 28.4 Å². The monoisotopic (exact) mass is 377 g/mol. The average Bonchev–Trinajstić information content (AvgIpc) is 2.66. The van der Waals surface area contributed by atoms with Gasteiger partial charge < -0.3 is 24.2 Å². The van der Waals surface area contributed by atoms with Gasteiger partial charge in [-0.2, -0.15) is 0 Å². The number of hydrogen-bond acceptors (Lipinski definition) is 5. The number of hydrogen-bond donors (Lipinski definition) is 1. The van der Waals surface area contributed by atoms with Gasteiger partial charge in [0.1, 0.15) is 0 Å².